The normalized spacial score (nSPS) is 10.6. The first kappa shape index (κ1) is 13.8. The van der Waals surface area contributed by atoms with Crippen molar-refractivity contribution in [2.75, 3.05) is 12.3 Å². The fraction of sp³-hybridized carbons (Fsp3) is 0.286. The highest BCUT2D eigenvalue weighted by Crippen LogP contribution is 2.33. The van der Waals surface area contributed by atoms with Gasteiger partial charge in [0.05, 0.1) is 18.6 Å². The van der Waals surface area contributed by atoms with Crippen LogP contribution in [-0.2, 0) is 5.75 Å². The summed E-state index contributed by atoms with van der Waals surface area (Å²) in [4.78, 5) is 0.795. The van der Waals surface area contributed by atoms with Gasteiger partial charge < -0.3 is 14.9 Å². The van der Waals surface area contributed by atoms with Gasteiger partial charge in [-0.1, -0.05) is 6.92 Å². The molecule has 0 saturated heterocycles. The lowest BCUT2D eigenvalue weighted by atomic mass is 10.3. The summed E-state index contributed by atoms with van der Waals surface area (Å²) in [6.07, 6.45) is 2.46. The fourth-order valence-electron chi connectivity index (χ4n) is 1.54. The maximum Gasteiger partial charge on any atom is 0.167 e. The molecule has 2 N–H and O–H groups in total. The van der Waals surface area contributed by atoms with Gasteiger partial charge >= 0.3 is 0 Å². The summed E-state index contributed by atoms with van der Waals surface area (Å²) < 4.78 is 24.2. The molecule has 0 atom stereocenters. The molecular weight excluding hydrogens is 265 g/mol. The molecule has 0 aliphatic heterocycles. The number of halogens is 1. The van der Waals surface area contributed by atoms with E-state index in [4.69, 9.17) is 14.9 Å². The molecule has 0 fully saturated rings. The fourth-order valence-corrected chi connectivity index (χ4v) is 2.42. The maximum absolute atomic E-state index is 13.6. The molecule has 5 heteroatoms. The van der Waals surface area contributed by atoms with Gasteiger partial charge in [-0.25, -0.2) is 4.39 Å². The number of nitrogen functional groups attached to an aromatic ring is 1. The molecule has 0 unspecified atom stereocenters. The summed E-state index contributed by atoms with van der Waals surface area (Å²) >= 11 is 1.50. The molecule has 0 bridgehead atoms. The first-order chi connectivity index (χ1) is 9.20. The van der Waals surface area contributed by atoms with E-state index in [-0.39, 0.29) is 5.75 Å². The smallest absolute Gasteiger partial charge is 0.167 e. The molecule has 2 rings (SSSR count). The Hall–Kier alpha value is -1.62. The Labute approximate surface area is 115 Å². The summed E-state index contributed by atoms with van der Waals surface area (Å²) in [5.41, 5.74) is 6.23. The number of ether oxygens (including phenoxy) is 1. The van der Waals surface area contributed by atoms with Crippen molar-refractivity contribution in [1.82, 2.24) is 0 Å². The van der Waals surface area contributed by atoms with Crippen molar-refractivity contribution in [3.8, 4) is 5.75 Å². The minimum atomic E-state index is -0.423. The second kappa shape index (κ2) is 6.52. The van der Waals surface area contributed by atoms with Gasteiger partial charge in [-0.3, -0.25) is 0 Å². The SMILES string of the molecule is CCCOc1cc(SCc2ccco2)c(N)cc1F. The molecule has 3 nitrogen and oxygen atoms in total. The third-order valence-electron chi connectivity index (χ3n) is 2.48. The van der Waals surface area contributed by atoms with Crippen LogP contribution in [0.3, 0.4) is 0 Å². The van der Waals surface area contributed by atoms with E-state index in [9.17, 15) is 4.39 Å². The van der Waals surface area contributed by atoms with Crippen LogP contribution in [0.25, 0.3) is 0 Å². The van der Waals surface area contributed by atoms with E-state index in [0.29, 0.717) is 18.0 Å². The van der Waals surface area contributed by atoms with Crippen LogP contribution in [0, 0.1) is 5.82 Å². The average molecular weight is 281 g/mol. The van der Waals surface area contributed by atoms with Crippen molar-refractivity contribution < 1.29 is 13.5 Å². The van der Waals surface area contributed by atoms with Crippen molar-refractivity contribution >= 4 is 17.4 Å². The van der Waals surface area contributed by atoms with Crippen LogP contribution < -0.4 is 10.5 Å². The first-order valence-corrected chi connectivity index (χ1v) is 7.06. The van der Waals surface area contributed by atoms with Crippen molar-refractivity contribution in [3.05, 3.63) is 42.1 Å². The van der Waals surface area contributed by atoms with Crippen LogP contribution in [0.2, 0.25) is 0 Å². The van der Waals surface area contributed by atoms with Gasteiger partial charge in [0.1, 0.15) is 5.76 Å². The minimum Gasteiger partial charge on any atom is -0.490 e. The molecule has 0 aliphatic rings. The van der Waals surface area contributed by atoms with Crippen LogP contribution in [0.4, 0.5) is 10.1 Å². The Bertz CT molecular complexity index is 528. The van der Waals surface area contributed by atoms with Crippen molar-refractivity contribution in [2.45, 2.75) is 24.0 Å². The summed E-state index contributed by atoms with van der Waals surface area (Å²) in [5, 5.41) is 0. The van der Waals surface area contributed by atoms with E-state index in [1.54, 1.807) is 12.3 Å². The molecule has 2 aromatic rings. The van der Waals surface area contributed by atoms with Crippen LogP contribution in [0.15, 0.2) is 39.8 Å². The second-order valence-electron chi connectivity index (χ2n) is 4.04. The lowest BCUT2D eigenvalue weighted by Gasteiger charge is -2.10. The molecule has 1 heterocycles. The van der Waals surface area contributed by atoms with Gasteiger partial charge in [0.15, 0.2) is 11.6 Å². The zero-order valence-corrected chi connectivity index (χ0v) is 11.5. The molecule has 0 aliphatic carbocycles. The number of hydrogen-bond acceptors (Lipinski definition) is 4. The quantitative estimate of drug-likeness (QED) is 0.640. The first-order valence-electron chi connectivity index (χ1n) is 6.07. The van der Waals surface area contributed by atoms with E-state index >= 15 is 0 Å². The Balaban J connectivity index is 2.10. The Kier molecular flexibility index (Phi) is 4.74. The number of benzene rings is 1. The van der Waals surface area contributed by atoms with Gasteiger partial charge in [0.2, 0.25) is 0 Å². The minimum absolute atomic E-state index is 0.248. The lowest BCUT2D eigenvalue weighted by molar-refractivity contribution is 0.300. The third kappa shape index (κ3) is 3.67. The summed E-state index contributed by atoms with van der Waals surface area (Å²) in [6, 6.07) is 6.67. The molecule has 19 heavy (non-hydrogen) atoms. The summed E-state index contributed by atoms with van der Waals surface area (Å²) in [5.74, 6) is 1.33. The second-order valence-corrected chi connectivity index (χ2v) is 5.05. The van der Waals surface area contributed by atoms with Crippen LogP contribution in [0.1, 0.15) is 19.1 Å². The summed E-state index contributed by atoms with van der Waals surface area (Å²) in [6.45, 7) is 2.46. The average Bonchev–Trinajstić information content (AvgIpc) is 2.90. The summed E-state index contributed by atoms with van der Waals surface area (Å²) in [7, 11) is 0. The van der Waals surface area contributed by atoms with E-state index in [2.05, 4.69) is 0 Å². The number of rotatable bonds is 6. The highest BCUT2D eigenvalue weighted by Gasteiger charge is 2.10. The zero-order chi connectivity index (χ0) is 13.7. The van der Waals surface area contributed by atoms with Crippen LogP contribution >= 0.6 is 11.8 Å². The molecule has 1 aromatic heterocycles. The predicted molar refractivity (Wildman–Crippen MR) is 74.9 cm³/mol. The monoisotopic (exact) mass is 281 g/mol. The Morgan fingerprint density at radius 2 is 2.26 bits per heavy atom. The van der Waals surface area contributed by atoms with Crippen molar-refractivity contribution in [2.24, 2.45) is 0 Å². The van der Waals surface area contributed by atoms with Gasteiger partial charge in [-0.2, -0.15) is 0 Å². The number of hydrogen-bond donors (Lipinski definition) is 1. The van der Waals surface area contributed by atoms with Crippen LogP contribution in [0.5, 0.6) is 5.75 Å². The number of thioether (sulfide) groups is 1. The number of anilines is 1. The Morgan fingerprint density at radius 3 is 2.95 bits per heavy atom. The highest BCUT2D eigenvalue weighted by atomic mass is 32.2. The van der Waals surface area contributed by atoms with Gasteiger partial charge in [0, 0.05) is 16.6 Å². The van der Waals surface area contributed by atoms with E-state index < -0.39 is 5.82 Å². The van der Waals surface area contributed by atoms with Crippen molar-refractivity contribution in [3.63, 3.8) is 0 Å². The van der Waals surface area contributed by atoms with Gasteiger partial charge in [-0.15, -0.1) is 11.8 Å². The predicted octanol–water partition coefficient (Wildman–Crippen LogP) is 4.08. The molecule has 0 spiro atoms. The van der Waals surface area contributed by atoms with E-state index in [0.717, 1.165) is 17.1 Å². The van der Waals surface area contributed by atoms with Gasteiger partial charge in [0.25, 0.3) is 0 Å². The molecule has 1 aromatic carbocycles. The Morgan fingerprint density at radius 1 is 1.42 bits per heavy atom. The molecular formula is C14H16FNO2S. The topological polar surface area (TPSA) is 48.4 Å². The maximum atomic E-state index is 13.6. The number of furan rings is 1. The van der Waals surface area contributed by atoms with Crippen molar-refractivity contribution in [1.29, 1.82) is 0 Å². The van der Waals surface area contributed by atoms with Crippen LogP contribution in [-0.4, -0.2) is 6.61 Å². The molecule has 0 amide bonds. The molecule has 0 saturated carbocycles. The van der Waals surface area contributed by atoms with Gasteiger partial charge in [-0.05, 0) is 24.6 Å². The molecule has 0 radical (unpaired) electrons. The highest BCUT2D eigenvalue weighted by molar-refractivity contribution is 7.98. The number of nitrogens with two attached hydrogens (primary N) is 1. The van der Waals surface area contributed by atoms with E-state index in [1.165, 1.54) is 17.8 Å². The third-order valence-corrected chi connectivity index (χ3v) is 3.57. The standard InChI is InChI=1S/C14H16FNO2S/c1-2-5-18-13-8-14(12(16)7-11(13)15)19-9-10-4-3-6-17-10/h3-4,6-8H,2,5,9,16H2,1H3. The lowest BCUT2D eigenvalue weighted by Crippen LogP contribution is -1.99. The zero-order valence-electron chi connectivity index (χ0n) is 10.7. The molecule has 102 valence electrons. The largest absolute Gasteiger partial charge is 0.490 e. The van der Waals surface area contributed by atoms with E-state index in [1.807, 2.05) is 19.1 Å².